The van der Waals surface area contributed by atoms with Crippen molar-refractivity contribution in [2.75, 3.05) is 20.3 Å². The Morgan fingerprint density at radius 1 is 1.13 bits per heavy atom. The average molecular weight is 457 g/mol. The van der Waals surface area contributed by atoms with Crippen molar-refractivity contribution < 1.29 is 33.4 Å². The summed E-state index contributed by atoms with van der Waals surface area (Å²) in [7, 11) is 1.43. The van der Waals surface area contributed by atoms with E-state index in [-0.39, 0.29) is 31.2 Å². The van der Waals surface area contributed by atoms with Crippen LogP contribution in [0.25, 0.3) is 0 Å². The molecule has 2 aliphatic heterocycles. The summed E-state index contributed by atoms with van der Waals surface area (Å²) in [5, 5.41) is 0. The van der Waals surface area contributed by atoms with Crippen LogP contribution in [0.5, 0.6) is 0 Å². The number of rotatable bonds is 9. The van der Waals surface area contributed by atoms with E-state index in [2.05, 4.69) is 0 Å². The highest BCUT2D eigenvalue weighted by Gasteiger charge is 2.53. The van der Waals surface area contributed by atoms with Gasteiger partial charge in [0.25, 0.3) is 0 Å². The molecular weight excluding hydrogens is 435 g/mol. The molecule has 1 aromatic rings. The SMILES string of the molecule is COC(CCCCC1(c2cccc(C(Cl)Cl)c2)C(=O)COC1=O)C1C(=O)COC1=O. The van der Waals surface area contributed by atoms with Gasteiger partial charge in [-0.15, -0.1) is 23.2 Å². The van der Waals surface area contributed by atoms with E-state index in [1.54, 1.807) is 24.3 Å². The molecule has 0 aliphatic carbocycles. The fourth-order valence-corrected chi connectivity index (χ4v) is 4.34. The van der Waals surface area contributed by atoms with Crippen LogP contribution in [-0.4, -0.2) is 49.9 Å². The van der Waals surface area contributed by atoms with Gasteiger partial charge in [-0.2, -0.15) is 0 Å². The Labute approximate surface area is 183 Å². The number of halogens is 2. The zero-order chi connectivity index (χ0) is 21.9. The molecule has 3 rings (SSSR count). The van der Waals surface area contributed by atoms with E-state index < -0.39 is 34.2 Å². The molecule has 30 heavy (non-hydrogen) atoms. The normalized spacial score (nSPS) is 25.0. The third-order valence-corrected chi connectivity index (χ3v) is 6.22. The molecule has 0 spiro atoms. The molecule has 3 atom stereocenters. The molecule has 1 aromatic carbocycles. The van der Waals surface area contributed by atoms with E-state index in [4.69, 9.17) is 37.4 Å². The van der Waals surface area contributed by atoms with Crippen molar-refractivity contribution in [1.29, 1.82) is 0 Å². The molecule has 2 fully saturated rings. The van der Waals surface area contributed by atoms with Crippen LogP contribution in [0.15, 0.2) is 24.3 Å². The van der Waals surface area contributed by atoms with E-state index >= 15 is 0 Å². The Morgan fingerprint density at radius 2 is 1.90 bits per heavy atom. The number of alkyl halides is 2. The number of cyclic esters (lactones) is 2. The van der Waals surface area contributed by atoms with Crippen molar-refractivity contribution in [1.82, 2.24) is 0 Å². The summed E-state index contributed by atoms with van der Waals surface area (Å²) < 4.78 is 15.2. The molecule has 2 aliphatic rings. The second-order valence-corrected chi connectivity index (χ2v) is 8.50. The van der Waals surface area contributed by atoms with E-state index in [0.717, 1.165) is 0 Å². The van der Waals surface area contributed by atoms with Gasteiger partial charge in [-0.25, -0.2) is 0 Å². The summed E-state index contributed by atoms with van der Waals surface area (Å²) >= 11 is 11.9. The third-order valence-electron chi connectivity index (χ3n) is 5.71. The van der Waals surface area contributed by atoms with Gasteiger partial charge in [0.15, 0.2) is 30.2 Å². The zero-order valence-corrected chi connectivity index (χ0v) is 17.9. The highest BCUT2D eigenvalue weighted by Crippen LogP contribution is 2.39. The number of carbonyl (C=O) groups is 4. The highest BCUT2D eigenvalue weighted by molar-refractivity contribution is 6.44. The molecule has 162 valence electrons. The topological polar surface area (TPSA) is 96.0 Å². The second kappa shape index (κ2) is 9.45. The zero-order valence-electron chi connectivity index (χ0n) is 16.4. The number of ketones is 2. The maximum Gasteiger partial charge on any atom is 0.324 e. The van der Waals surface area contributed by atoms with Crippen LogP contribution in [0.4, 0.5) is 0 Å². The second-order valence-electron chi connectivity index (χ2n) is 7.40. The molecule has 0 bridgehead atoms. The first kappa shape index (κ1) is 22.7. The van der Waals surface area contributed by atoms with Gasteiger partial charge in [0, 0.05) is 7.11 Å². The lowest BCUT2D eigenvalue weighted by Gasteiger charge is -2.25. The lowest BCUT2D eigenvalue weighted by molar-refractivity contribution is -0.145. The predicted molar refractivity (Wildman–Crippen MR) is 107 cm³/mol. The summed E-state index contributed by atoms with van der Waals surface area (Å²) in [6.07, 6.45) is 1.04. The highest BCUT2D eigenvalue weighted by atomic mass is 35.5. The summed E-state index contributed by atoms with van der Waals surface area (Å²) in [4.78, 5) is 48.2. The summed E-state index contributed by atoms with van der Waals surface area (Å²) in [5.74, 6) is -2.72. The van der Waals surface area contributed by atoms with Crippen LogP contribution in [0, 0.1) is 5.92 Å². The minimum Gasteiger partial charge on any atom is -0.457 e. The Morgan fingerprint density at radius 3 is 2.47 bits per heavy atom. The first-order valence-electron chi connectivity index (χ1n) is 9.62. The molecule has 7 nitrogen and oxygen atoms in total. The summed E-state index contributed by atoms with van der Waals surface area (Å²) in [5.41, 5.74) is -0.333. The molecule has 2 saturated heterocycles. The quantitative estimate of drug-likeness (QED) is 0.244. The van der Waals surface area contributed by atoms with Gasteiger partial charge in [0.2, 0.25) is 0 Å². The van der Waals surface area contributed by atoms with Gasteiger partial charge >= 0.3 is 11.9 Å². The Balaban J connectivity index is 1.72. The summed E-state index contributed by atoms with van der Waals surface area (Å²) in [6.45, 7) is -0.511. The van der Waals surface area contributed by atoms with Gasteiger partial charge in [-0.3, -0.25) is 19.2 Å². The fourth-order valence-electron chi connectivity index (χ4n) is 4.06. The number of hydrogen-bond donors (Lipinski definition) is 0. The van der Waals surface area contributed by atoms with Gasteiger partial charge in [-0.1, -0.05) is 37.1 Å². The minimum atomic E-state index is -1.41. The van der Waals surface area contributed by atoms with Crippen LogP contribution in [-0.2, 0) is 38.8 Å². The van der Waals surface area contributed by atoms with Crippen LogP contribution < -0.4 is 0 Å². The van der Waals surface area contributed by atoms with Gasteiger partial charge in [0.1, 0.15) is 10.8 Å². The number of Topliss-reactive ketones (excluding diaryl/α,β-unsaturated/α-hetero) is 2. The lowest BCUT2D eigenvalue weighted by Crippen LogP contribution is -2.39. The van der Waals surface area contributed by atoms with Crippen LogP contribution >= 0.6 is 23.2 Å². The number of unbranched alkanes of at least 4 members (excludes halogenated alkanes) is 1. The number of methoxy groups -OCH3 is 1. The van der Waals surface area contributed by atoms with E-state index in [9.17, 15) is 19.2 Å². The van der Waals surface area contributed by atoms with E-state index in [1.165, 1.54) is 7.11 Å². The van der Waals surface area contributed by atoms with Crippen molar-refractivity contribution in [2.45, 2.75) is 42.0 Å². The maximum absolute atomic E-state index is 12.7. The van der Waals surface area contributed by atoms with E-state index in [0.29, 0.717) is 30.4 Å². The van der Waals surface area contributed by atoms with Crippen molar-refractivity contribution in [3.05, 3.63) is 35.4 Å². The molecular formula is C21H22Cl2O7. The van der Waals surface area contributed by atoms with Crippen molar-refractivity contribution >= 4 is 46.7 Å². The Kier molecular flexibility index (Phi) is 7.16. The smallest absolute Gasteiger partial charge is 0.324 e. The largest absolute Gasteiger partial charge is 0.457 e. The molecule has 0 saturated carbocycles. The standard InChI is InChI=1S/C21H22Cl2O7/c1-28-15(17-14(24)10-29-19(17)26)7-2-3-8-21(16(25)11-30-20(21)27)13-6-4-5-12(9-13)18(22)23/h4-6,9,15,17-18H,2-3,7-8,10-11H2,1H3. The monoisotopic (exact) mass is 456 g/mol. The first-order valence-corrected chi connectivity index (χ1v) is 10.5. The van der Waals surface area contributed by atoms with E-state index in [1.807, 2.05) is 0 Å². The number of benzene rings is 1. The Hall–Kier alpha value is -1.96. The molecule has 0 aromatic heterocycles. The van der Waals surface area contributed by atoms with Crippen molar-refractivity contribution in [2.24, 2.45) is 5.92 Å². The number of ether oxygens (including phenoxy) is 3. The molecule has 2 heterocycles. The minimum absolute atomic E-state index is 0.225. The Bertz CT molecular complexity index is 820. The van der Waals surface area contributed by atoms with Crippen molar-refractivity contribution in [3.8, 4) is 0 Å². The number of esters is 2. The fraction of sp³-hybridized carbons (Fsp3) is 0.524. The lowest BCUT2D eigenvalue weighted by atomic mass is 9.73. The average Bonchev–Trinajstić information content (AvgIpc) is 3.21. The van der Waals surface area contributed by atoms with Gasteiger partial charge in [-0.05, 0) is 24.0 Å². The molecule has 0 radical (unpaired) electrons. The maximum atomic E-state index is 12.7. The molecule has 0 amide bonds. The summed E-state index contributed by atoms with van der Waals surface area (Å²) in [6, 6.07) is 6.75. The van der Waals surface area contributed by atoms with Crippen LogP contribution in [0.1, 0.15) is 41.6 Å². The third kappa shape index (κ3) is 4.24. The molecule has 3 unspecified atom stereocenters. The predicted octanol–water partition coefficient (Wildman–Crippen LogP) is 2.84. The molecule has 0 N–H and O–H groups in total. The van der Waals surface area contributed by atoms with Gasteiger partial charge in [0.05, 0.1) is 6.10 Å². The van der Waals surface area contributed by atoms with Crippen molar-refractivity contribution in [3.63, 3.8) is 0 Å². The number of carbonyl (C=O) groups excluding carboxylic acids is 4. The van der Waals surface area contributed by atoms with Gasteiger partial charge < -0.3 is 14.2 Å². The number of hydrogen-bond acceptors (Lipinski definition) is 7. The van der Waals surface area contributed by atoms with Crippen LogP contribution in [0.3, 0.4) is 0 Å². The molecule has 9 heteroatoms. The first-order chi connectivity index (χ1) is 14.3. The van der Waals surface area contributed by atoms with Crippen LogP contribution in [0.2, 0.25) is 0 Å².